The van der Waals surface area contributed by atoms with Gasteiger partial charge in [0, 0.05) is 25.7 Å². The van der Waals surface area contributed by atoms with Gasteiger partial charge in [-0.2, -0.15) is 0 Å². The first-order valence-electron chi connectivity index (χ1n) is 9.27. The maximum Gasteiger partial charge on any atom is 0.235 e. The zero-order chi connectivity index (χ0) is 18.8. The molecule has 1 aliphatic heterocycles. The fourth-order valence-electron chi connectivity index (χ4n) is 3.78. The van der Waals surface area contributed by atoms with Crippen molar-refractivity contribution in [3.8, 4) is 11.4 Å². The number of carbonyl (C=O) groups is 1. The van der Waals surface area contributed by atoms with Gasteiger partial charge < -0.3 is 9.47 Å². The number of likely N-dealkylation sites (tertiary alicyclic amines) is 1. The molecule has 5 nitrogen and oxygen atoms in total. The molecule has 1 aromatic carbocycles. The number of benzene rings is 1. The van der Waals surface area contributed by atoms with Gasteiger partial charge >= 0.3 is 0 Å². The third-order valence-corrected chi connectivity index (χ3v) is 6.15. The van der Waals surface area contributed by atoms with E-state index in [4.69, 9.17) is 0 Å². The molecule has 1 saturated heterocycles. The van der Waals surface area contributed by atoms with Crippen molar-refractivity contribution >= 4 is 17.7 Å². The highest BCUT2D eigenvalue weighted by Gasteiger charge is 2.29. The second-order valence-corrected chi connectivity index (χ2v) is 8.94. The quantitative estimate of drug-likeness (QED) is 0.767. The summed E-state index contributed by atoms with van der Waals surface area (Å²) < 4.78 is 1.98. The first-order valence-corrected chi connectivity index (χ1v) is 10.2. The highest BCUT2D eigenvalue weighted by molar-refractivity contribution is 8.00. The summed E-state index contributed by atoms with van der Waals surface area (Å²) in [6.07, 6.45) is 1.20. The summed E-state index contributed by atoms with van der Waals surface area (Å²) in [6, 6.07) is 8.15. The molecule has 1 fully saturated rings. The summed E-state index contributed by atoms with van der Waals surface area (Å²) in [5.74, 6) is 2.18. The van der Waals surface area contributed by atoms with Crippen molar-refractivity contribution in [3.63, 3.8) is 0 Å². The minimum atomic E-state index is -0.167. The highest BCUT2D eigenvalue weighted by atomic mass is 32.2. The van der Waals surface area contributed by atoms with Gasteiger partial charge in [-0.05, 0) is 37.7 Å². The molecule has 3 atom stereocenters. The lowest BCUT2D eigenvalue weighted by atomic mass is 9.92. The van der Waals surface area contributed by atoms with Gasteiger partial charge in [-0.3, -0.25) is 4.79 Å². The van der Waals surface area contributed by atoms with Gasteiger partial charge in [-0.1, -0.05) is 49.9 Å². The molecule has 1 aromatic heterocycles. The third-order valence-electron chi connectivity index (χ3n) is 5.03. The van der Waals surface area contributed by atoms with Crippen LogP contribution in [0.3, 0.4) is 0 Å². The summed E-state index contributed by atoms with van der Waals surface area (Å²) in [5.41, 5.74) is 2.24. The van der Waals surface area contributed by atoms with Gasteiger partial charge in [0.1, 0.15) is 0 Å². The molecule has 1 amide bonds. The van der Waals surface area contributed by atoms with Crippen molar-refractivity contribution in [2.24, 2.45) is 18.9 Å². The normalized spacial score (nSPS) is 21.7. The molecule has 0 bridgehead atoms. The van der Waals surface area contributed by atoms with E-state index in [1.54, 1.807) is 0 Å². The smallest absolute Gasteiger partial charge is 0.235 e. The number of aryl methyl sites for hydroxylation is 1. The van der Waals surface area contributed by atoms with Gasteiger partial charge in [0.15, 0.2) is 11.0 Å². The lowest BCUT2D eigenvalue weighted by Crippen LogP contribution is -2.45. The van der Waals surface area contributed by atoms with E-state index in [-0.39, 0.29) is 11.2 Å². The van der Waals surface area contributed by atoms with E-state index in [9.17, 15) is 4.79 Å². The molecule has 0 radical (unpaired) electrons. The summed E-state index contributed by atoms with van der Waals surface area (Å²) in [6.45, 7) is 10.2. The standard InChI is InChI=1S/C20H28N4OS/c1-13-10-14(2)12-24(11-13)19(25)16(4)26-20-22-21-18(23(20)5)17-9-7-6-8-15(17)3/h6-9,13-14,16H,10-12H2,1-5H3. The SMILES string of the molecule is Cc1ccccc1-c1nnc(SC(C)C(=O)N2CC(C)CC(C)C2)n1C. The maximum atomic E-state index is 12.9. The first-order chi connectivity index (χ1) is 12.4. The molecule has 2 heterocycles. The minimum absolute atomic E-state index is 0.167. The van der Waals surface area contributed by atoms with E-state index in [1.807, 2.05) is 35.6 Å². The van der Waals surface area contributed by atoms with Crippen LogP contribution in [0.15, 0.2) is 29.4 Å². The Morgan fingerprint density at radius 2 is 1.85 bits per heavy atom. The molecule has 0 aliphatic carbocycles. The minimum Gasteiger partial charge on any atom is -0.341 e. The largest absolute Gasteiger partial charge is 0.341 e. The Kier molecular flexibility index (Phi) is 5.70. The average molecular weight is 373 g/mol. The second-order valence-electron chi connectivity index (χ2n) is 7.63. The Hall–Kier alpha value is -1.82. The van der Waals surface area contributed by atoms with Crippen molar-refractivity contribution in [2.75, 3.05) is 13.1 Å². The van der Waals surface area contributed by atoms with Gasteiger partial charge in [0.2, 0.25) is 5.91 Å². The fourth-order valence-corrected chi connectivity index (χ4v) is 4.68. The highest BCUT2D eigenvalue weighted by Crippen LogP contribution is 2.29. The van der Waals surface area contributed by atoms with Crippen LogP contribution in [-0.4, -0.2) is 43.9 Å². The Bertz CT molecular complexity index is 778. The van der Waals surface area contributed by atoms with Gasteiger partial charge in [0.25, 0.3) is 0 Å². The van der Waals surface area contributed by atoms with Gasteiger partial charge in [-0.25, -0.2) is 0 Å². The zero-order valence-corrected chi connectivity index (χ0v) is 17.1. The van der Waals surface area contributed by atoms with Crippen LogP contribution in [-0.2, 0) is 11.8 Å². The van der Waals surface area contributed by atoms with E-state index < -0.39 is 0 Å². The summed E-state index contributed by atoms with van der Waals surface area (Å²) in [4.78, 5) is 14.9. The van der Waals surface area contributed by atoms with Crippen LogP contribution in [0, 0.1) is 18.8 Å². The Morgan fingerprint density at radius 3 is 2.50 bits per heavy atom. The van der Waals surface area contributed by atoms with Crippen molar-refractivity contribution in [2.45, 2.75) is 44.5 Å². The summed E-state index contributed by atoms with van der Waals surface area (Å²) in [7, 11) is 1.96. The number of nitrogens with zero attached hydrogens (tertiary/aromatic N) is 4. The van der Waals surface area contributed by atoms with Crippen LogP contribution in [0.25, 0.3) is 11.4 Å². The van der Waals surface area contributed by atoms with Crippen LogP contribution < -0.4 is 0 Å². The molecular formula is C20H28N4OS. The number of hydrogen-bond acceptors (Lipinski definition) is 4. The number of aromatic nitrogens is 3. The molecule has 1 aliphatic rings. The predicted molar refractivity (Wildman–Crippen MR) is 106 cm³/mol. The second kappa shape index (κ2) is 7.82. The molecule has 0 saturated carbocycles. The van der Waals surface area contributed by atoms with E-state index in [2.05, 4.69) is 43.1 Å². The van der Waals surface area contributed by atoms with E-state index in [0.29, 0.717) is 11.8 Å². The molecule has 3 rings (SSSR count). The van der Waals surface area contributed by atoms with Crippen molar-refractivity contribution < 1.29 is 4.79 Å². The van der Waals surface area contributed by atoms with E-state index in [1.165, 1.54) is 23.7 Å². The lowest BCUT2D eigenvalue weighted by Gasteiger charge is -2.36. The Morgan fingerprint density at radius 1 is 1.19 bits per heavy atom. The molecule has 2 aromatic rings. The summed E-state index contributed by atoms with van der Waals surface area (Å²) >= 11 is 1.49. The molecule has 140 valence electrons. The zero-order valence-electron chi connectivity index (χ0n) is 16.3. The van der Waals surface area contributed by atoms with E-state index >= 15 is 0 Å². The van der Waals surface area contributed by atoms with Crippen LogP contribution in [0.1, 0.15) is 32.8 Å². The monoisotopic (exact) mass is 372 g/mol. The Labute approximate surface area is 160 Å². The van der Waals surface area contributed by atoms with E-state index in [0.717, 1.165) is 29.6 Å². The maximum absolute atomic E-state index is 12.9. The molecule has 0 spiro atoms. The first kappa shape index (κ1) is 19.0. The van der Waals surface area contributed by atoms with Crippen LogP contribution >= 0.6 is 11.8 Å². The fraction of sp³-hybridized carbons (Fsp3) is 0.550. The van der Waals surface area contributed by atoms with Gasteiger partial charge in [-0.15, -0.1) is 10.2 Å². The van der Waals surface area contributed by atoms with Crippen LogP contribution in [0.2, 0.25) is 0 Å². The number of hydrogen-bond donors (Lipinski definition) is 0. The lowest BCUT2D eigenvalue weighted by molar-refractivity contribution is -0.132. The van der Waals surface area contributed by atoms with Gasteiger partial charge in [0.05, 0.1) is 5.25 Å². The van der Waals surface area contributed by atoms with Crippen molar-refractivity contribution in [1.29, 1.82) is 0 Å². The topological polar surface area (TPSA) is 51.0 Å². The molecule has 3 unspecified atom stereocenters. The van der Waals surface area contributed by atoms with Crippen LogP contribution in [0.4, 0.5) is 0 Å². The number of piperidine rings is 1. The van der Waals surface area contributed by atoms with Crippen molar-refractivity contribution in [1.82, 2.24) is 19.7 Å². The average Bonchev–Trinajstić information content (AvgIpc) is 2.94. The molecule has 0 N–H and O–H groups in total. The molecule has 6 heteroatoms. The number of amides is 1. The number of rotatable bonds is 4. The summed E-state index contributed by atoms with van der Waals surface area (Å²) in [5, 5.41) is 9.31. The molecular weight excluding hydrogens is 344 g/mol. The van der Waals surface area contributed by atoms with Crippen molar-refractivity contribution in [3.05, 3.63) is 29.8 Å². The Balaban J connectivity index is 1.73. The van der Waals surface area contributed by atoms with Crippen LogP contribution in [0.5, 0.6) is 0 Å². The third kappa shape index (κ3) is 3.95. The number of thioether (sulfide) groups is 1. The number of carbonyl (C=O) groups excluding carboxylic acids is 1. The molecule has 26 heavy (non-hydrogen) atoms. The predicted octanol–water partition coefficient (Wildman–Crippen LogP) is 3.78.